The molecule has 1 aromatic rings. The number of rotatable bonds is 5. The number of carbonyl (C=O) groups excluding carboxylic acids is 1. The van der Waals surface area contributed by atoms with Gasteiger partial charge in [-0.1, -0.05) is 25.4 Å². The molecule has 0 spiro atoms. The highest BCUT2D eigenvalue weighted by atomic mass is 35.5. The van der Waals surface area contributed by atoms with Gasteiger partial charge in [0.15, 0.2) is 0 Å². The lowest BCUT2D eigenvalue weighted by Gasteiger charge is -2.34. The van der Waals surface area contributed by atoms with Gasteiger partial charge in [0.25, 0.3) is 5.91 Å². The summed E-state index contributed by atoms with van der Waals surface area (Å²) < 4.78 is 0. The van der Waals surface area contributed by atoms with Crippen molar-refractivity contribution < 1.29 is 4.79 Å². The van der Waals surface area contributed by atoms with E-state index in [9.17, 15) is 4.79 Å². The molecule has 1 amide bonds. The van der Waals surface area contributed by atoms with Crippen LogP contribution in [0.1, 0.15) is 37.0 Å². The standard InChI is InChI=1S/C16H24ClN3O/c1-12-8-13(2)11-20(10-12)7-3-5-19-16(21)14-4-6-18-15(17)9-14/h4,6,9,12-13H,3,5,7-8,10-11H2,1-2H3,(H,19,21)/t12-,13-/m1/s1. The number of amides is 1. The molecule has 2 atom stereocenters. The van der Waals surface area contributed by atoms with Gasteiger partial charge in [0.1, 0.15) is 5.15 Å². The van der Waals surface area contributed by atoms with Crippen LogP contribution in [0, 0.1) is 11.8 Å². The van der Waals surface area contributed by atoms with Crippen LogP contribution in [0.2, 0.25) is 5.15 Å². The van der Waals surface area contributed by atoms with Crippen LogP contribution in [-0.2, 0) is 0 Å². The molecule has 0 aliphatic carbocycles. The first-order valence-electron chi connectivity index (χ1n) is 7.66. The summed E-state index contributed by atoms with van der Waals surface area (Å²) in [5.74, 6) is 1.48. The molecule has 1 saturated heterocycles. The van der Waals surface area contributed by atoms with Gasteiger partial charge in [0.2, 0.25) is 0 Å². The van der Waals surface area contributed by atoms with E-state index in [0.29, 0.717) is 17.3 Å². The van der Waals surface area contributed by atoms with Gasteiger partial charge in [-0.3, -0.25) is 4.79 Å². The van der Waals surface area contributed by atoms with Crippen LogP contribution in [0.25, 0.3) is 0 Å². The van der Waals surface area contributed by atoms with Gasteiger partial charge in [-0.25, -0.2) is 4.98 Å². The maximum Gasteiger partial charge on any atom is 0.251 e. The van der Waals surface area contributed by atoms with Crippen LogP contribution in [0.15, 0.2) is 18.3 Å². The summed E-state index contributed by atoms with van der Waals surface area (Å²) in [6.07, 6.45) is 3.85. The molecule has 2 rings (SSSR count). The van der Waals surface area contributed by atoms with Crippen LogP contribution >= 0.6 is 11.6 Å². The Labute approximate surface area is 131 Å². The van der Waals surface area contributed by atoms with Crippen molar-refractivity contribution in [2.75, 3.05) is 26.2 Å². The highest BCUT2D eigenvalue weighted by Gasteiger charge is 2.21. The fourth-order valence-electron chi connectivity index (χ4n) is 3.12. The van der Waals surface area contributed by atoms with Gasteiger partial charge < -0.3 is 10.2 Å². The summed E-state index contributed by atoms with van der Waals surface area (Å²) in [6.45, 7) is 8.73. The zero-order valence-corrected chi connectivity index (χ0v) is 13.6. The van der Waals surface area contributed by atoms with Gasteiger partial charge in [0, 0.05) is 31.4 Å². The Morgan fingerprint density at radius 2 is 2.14 bits per heavy atom. The van der Waals surface area contributed by atoms with E-state index < -0.39 is 0 Å². The molecular formula is C16H24ClN3O. The Morgan fingerprint density at radius 3 is 2.81 bits per heavy atom. The van der Waals surface area contributed by atoms with Gasteiger partial charge >= 0.3 is 0 Å². The first-order chi connectivity index (χ1) is 10.0. The van der Waals surface area contributed by atoms with Crippen molar-refractivity contribution in [3.8, 4) is 0 Å². The van der Waals surface area contributed by atoms with Crippen molar-refractivity contribution in [1.29, 1.82) is 0 Å². The highest BCUT2D eigenvalue weighted by Crippen LogP contribution is 2.20. The summed E-state index contributed by atoms with van der Waals surface area (Å²) in [5, 5.41) is 3.28. The molecule has 0 saturated carbocycles. The van der Waals surface area contributed by atoms with Gasteiger partial charge in [-0.05, 0) is 43.4 Å². The third kappa shape index (κ3) is 5.29. The van der Waals surface area contributed by atoms with Crippen LogP contribution in [0.5, 0.6) is 0 Å². The molecule has 1 aliphatic heterocycles. The van der Waals surface area contributed by atoms with Crippen molar-refractivity contribution in [3.05, 3.63) is 29.0 Å². The highest BCUT2D eigenvalue weighted by molar-refractivity contribution is 6.29. The minimum absolute atomic E-state index is 0.0836. The molecule has 21 heavy (non-hydrogen) atoms. The van der Waals surface area contributed by atoms with Crippen LogP contribution in [-0.4, -0.2) is 42.0 Å². The monoisotopic (exact) mass is 309 g/mol. The lowest BCUT2D eigenvalue weighted by Crippen LogP contribution is -2.40. The molecule has 1 aliphatic rings. The predicted molar refractivity (Wildman–Crippen MR) is 85.6 cm³/mol. The normalized spacial score (nSPS) is 23.0. The number of likely N-dealkylation sites (tertiary alicyclic amines) is 1. The van der Waals surface area contributed by atoms with Gasteiger partial charge in [0.05, 0.1) is 0 Å². The number of carbonyl (C=O) groups is 1. The molecule has 1 fully saturated rings. The quantitative estimate of drug-likeness (QED) is 0.672. The van der Waals surface area contributed by atoms with Crippen LogP contribution < -0.4 is 5.32 Å². The van der Waals surface area contributed by atoms with Crippen molar-refractivity contribution in [3.63, 3.8) is 0 Å². The number of nitrogens with one attached hydrogen (secondary N) is 1. The Morgan fingerprint density at radius 1 is 1.43 bits per heavy atom. The van der Waals surface area contributed by atoms with Crippen molar-refractivity contribution >= 4 is 17.5 Å². The molecule has 1 N–H and O–H groups in total. The molecule has 0 bridgehead atoms. The minimum Gasteiger partial charge on any atom is -0.352 e. The number of aromatic nitrogens is 1. The molecule has 4 nitrogen and oxygen atoms in total. The maximum atomic E-state index is 11.9. The second-order valence-electron chi connectivity index (χ2n) is 6.18. The third-order valence-electron chi connectivity index (χ3n) is 3.87. The lowest BCUT2D eigenvalue weighted by atomic mass is 9.92. The molecule has 0 radical (unpaired) electrons. The molecule has 1 aromatic heterocycles. The van der Waals surface area contributed by atoms with E-state index in [2.05, 4.69) is 29.0 Å². The van der Waals surface area contributed by atoms with E-state index in [1.807, 2.05) is 0 Å². The number of halogens is 1. The summed E-state index contributed by atoms with van der Waals surface area (Å²) in [4.78, 5) is 18.3. The number of piperidine rings is 1. The molecule has 0 aromatic carbocycles. The van der Waals surface area contributed by atoms with E-state index >= 15 is 0 Å². The minimum atomic E-state index is -0.0836. The number of hydrogen-bond donors (Lipinski definition) is 1. The second-order valence-corrected chi connectivity index (χ2v) is 6.57. The Hall–Kier alpha value is -1.13. The fourth-order valence-corrected chi connectivity index (χ4v) is 3.30. The molecule has 116 valence electrons. The van der Waals surface area contributed by atoms with Crippen molar-refractivity contribution in [2.45, 2.75) is 26.7 Å². The molecule has 5 heteroatoms. The van der Waals surface area contributed by atoms with Crippen molar-refractivity contribution in [1.82, 2.24) is 15.2 Å². The average molecular weight is 310 g/mol. The summed E-state index contributed by atoms with van der Waals surface area (Å²) in [6, 6.07) is 3.26. The zero-order chi connectivity index (χ0) is 15.2. The predicted octanol–water partition coefficient (Wildman–Crippen LogP) is 2.83. The first-order valence-corrected chi connectivity index (χ1v) is 8.04. The zero-order valence-electron chi connectivity index (χ0n) is 12.8. The van der Waals surface area contributed by atoms with Gasteiger partial charge in [-0.15, -0.1) is 0 Å². The summed E-state index contributed by atoms with van der Waals surface area (Å²) in [7, 11) is 0. The smallest absolute Gasteiger partial charge is 0.251 e. The summed E-state index contributed by atoms with van der Waals surface area (Å²) in [5.41, 5.74) is 0.565. The Bertz CT molecular complexity index is 470. The van der Waals surface area contributed by atoms with Crippen LogP contribution in [0.4, 0.5) is 0 Å². The van der Waals surface area contributed by atoms with E-state index in [4.69, 9.17) is 11.6 Å². The van der Waals surface area contributed by atoms with E-state index in [-0.39, 0.29) is 5.91 Å². The molecular weight excluding hydrogens is 286 g/mol. The number of pyridine rings is 1. The van der Waals surface area contributed by atoms with E-state index in [1.54, 1.807) is 18.3 Å². The van der Waals surface area contributed by atoms with Gasteiger partial charge in [-0.2, -0.15) is 0 Å². The molecule has 2 heterocycles. The third-order valence-corrected chi connectivity index (χ3v) is 4.08. The lowest BCUT2D eigenvalue weighted by molar-refractivity contribution is 0.0947. The van der Waals surface area contributed by atoms with E-state index in [1.165, 1.54) is 19.5 Å². The Balaban J connectivity index is 1.69. The topological polar surface area (TPSA) is 45.2 Å². The van der Waals surface area contributed by atoms with Crippen molar-refractivity contribution in [2.24, 2.45) is 11.8 Å². The van der Waals surface area contributed by atoms with Crippen LogP contribution in [0.3, 0.4) is 0 Å². The SMILES string of the molecule is C[C@@H]1C[C@@H](C)CN(CCCNC(=O)c2ccnc(Cl)c2)C1. The Kier molecular flexibility index (Phi) is 6.00. The summed E-state index contributed by atoms with van der Waals surface area (Å²) >= 11 is 5.78. The number of hydrogen-bond acceptors (Lipinski definition) is 3. The molecule has 0 unspecified atom stereocenters. The second kappa shape index (κ2) is 7.76. The number of nitrogens with zero attached hydrogens (tertiary/aromatic N) is 2. The average Bonchev–Trinajstić information content (AvgIpc) is 2.42. The first kappa shape index (κ1) is 16.2. The fraction of sp³-hybridized carbons (Fsp3) is 0.625. The maximum absolute atomic E-state index is 11.9. The largest absolute Gasteiger partial charge is 0.352 e. The van der Waals surface area contributed by atoms with E-state index in [0.717, 1.165) is 24.8 Å².